The van der Waals surface area contributed by atoms with Gasteiger partial charge in [0, 0.05) is 30.2 Å². The second-order valence-electron chi connectivity index (χ2n) is 7.68. The van der Waals surface area contributed by atoms with E-state index < -0.39 is 0 Å². The number of H-pyrrole nitrogens is 1. The fraction of sp³-hybridized carbons (Fsp3) is 0.217. The zero-order chi connectivity index (χ0) is 21.5. The van der Waals surface area contributed by atoms with Crippen molar-refractivity contribution in [3.05, 3.63) is 64.7 Å². The number of pyridine rings is 1. The van der Waals surface area contributed by atoms with Gasteiger partial charge in [-0.2, -0.15) is 0 Å². The van der Waals surface area contributed by atoms with Gasteiger partial charge in [0.2, 0.25) is 6.79 Å². The number of hydrogen-bond donors (Lipinski definition) is 1. The van der Waals surface area contributed by atoms with Gasteiger partial charge in [0.05, 0.1) is 22.6 Å². The lowest BCUT2D eigenvalue weighted by atomic mass is 10.0. The van der Waals surface area contributed by atoms with Crippen molar-refractivity contribution in [2.75, 3.05) is 6.79 Å². The normalized spacial score (nSPS) is 12.6. The van der Waals surface area contributed by atoms with Crippen LogP contribution in [0.2, 0.25) is 0 Å². The van der Waals surface area contributed by atoms with Gasteiger partial charge in [-0.15, -0.1) is 0 Å². The van der Waals surface area contributed by atoms with Crippen LogP contribution in [0.15, 0.2) is 53.5 Å². The third-order valence-corrected chi connectivity index (χ3v) is 5.28. The lowest BCUT2D eigenvalue weighted by Crippen LogP contribution is -2.15. The molecule has 0 amide bonds. The van der Waals surface area contributed by atoms with Gasteiger partial charge in [0.25, 0.3) is 5.56 Å². The van der Waals surface area contributed by atoms with Gasteiger partial charge in [-0.25, -0.2) is 9.50 Å². The average molecular weight is 416 g/mol. The summed E-state index contributed by atoms with van der Waals surface area (Å²) in [5.74, 6) is 1.21. The average Bonchev–Trinajstić information content (AvgIpc) is 3.38. The van der Waals surface area contributed by atoms with E-state index >= 15 is 0 Å². The van der Waals surface area contributed by atoms with Crippen molar-refractivity contribution >= 4 is 11.4 Å². The van der Waals surface area contributed by atoms with Gasteiger partial charge in [0.15, 0.2) is 17.1 Å². The maximum atomic E-state index is 13.0. The number of nitrogens with zero attached hydrogens (tertiary/aromatic N) is 3. The highest BCUT2D eigenvalue weighted by Crippen LogP contribution is 2.35. The highest BCUT2D eigenvalue weighted by atomic mass is 16.7. The van der Waals surface area contributed by atoms with Crippen molar-refractivity contribution in [2.45, 2.75) is 20.3 Å². The second kappa shape index (κ2) is 7.39. The summed E-state index contributed by atoms with van der Waals surface area (Å²) < 4.78 is 12.2. The summed E-state index contributed by atoms with van der Waals surface area (Å²) in [4.78, 5) is 34.6. The Bertz CT molecular complexity index is 1360. The zero-order valence-electron chi connectivity index (χ0n) is 17.1. The van der Waals surface area contributed by atoms with Crippen molar-refractivity contribution < 1.29 is 14.3 Å². The first-order valence-electron chi connectivity index (χ1n) is 10.00. The summed E-state index contributed by atoms with van der Waals surface area (Å²) in [6.07, 6.45) is 1.83. The second-order valence-corrected chi connectivity index (χ2v) is 7.68. The van der Waals surface area contributed by atoms with Gasteiger partial charge in [-0.3, -0.25) is 19.7 Å². The van der Waals surface area contributed by atoms with Crippen LogP contribution in [0.5, 0.6) is 11.5 Å². The molecule has 156 valence electrons. The summed E-state index contributed by atoms with van der Waals surface area (Å²) in [5, 5.41) is 3.07. The first-order chi connectivity index (χ1) is 15.0. The molecule has 0 bridgehead atoms. The summed E-state index contributed by atoms with van der Waals surface area (Å²) in [7, 11) is 0. The van der Waals surface area contributed by atoms with E-state index in [9.17, 15) is 9.59 Å². The lowest BCUT2D eigenvalue weighted by Gasteiger charge is -2.06. The first kappa shape index (κ1) is 19.0. The highest BCUT2D eigenvalue weighted by Gasteiger charge is 2.22. The van der Waals surface area contributed by atoms with E-state index in [0.29, 0.717) is 39.8 Å². The van der Waals surface area contributed by atoms with E-state index in [1.165, 1.54) is 10.6 Å². The molecule has 0 radical (unpaired) electrons. The highest BCUT2D eigenvalue weighted by molar-refractivity contribution is 5.87. The standard InChI is InChI=1S/C23H20N4O4/c1-13(2)18(28)10-17-22(15-5-3-4-8-24-15)23-25-16(11-21(29)27(23)26-17)14-6-7-19-20(9-14)31-12-30-19/h3-9,11,13,26H,10,12H2,1-2H3. The van der Waals surface area contributed by atoms with Crippen LogP contribution in [-0.4, -0.2) is 32.2 Å². The molecule has 4 aromatic rings. The maximum Gasteiger partial charge on any atom is 0.273 e. The van der Waals surface area contributed by atoms with Gasteiger partial charge in [-0.05, 0) is 30.3 Å². The zero-order valence-corrected chi connectivity index (χ0v) is 17.1. The summed E-state index contributed by atoms with van der Waals surface area (Å²) in [6, 6.07) is 12.4. The molecule has 0 atom stereocenters. The summed E-state index contributed by atoms with van der Waals surface area (Å²) in [6.45, 7) is 3.88. The minimum Gasteiger partial charge on any atom is -0.454 e. The number of benzene rings is 1. The van der Waals surface area contributed by atoms with Crippen LogP contribution in [0.1, 0.15) is 19.5 Å². The van der Waals surface area contributed by atoms with Crippen molar-refractivity contribution in [3.8, 4) is 34.0 Å². The molecule has 0 saturated carbocycles. The Hall–Kier alpha value is -3.94. The molecular formula is C23H20N4O4. The number of carbonyl (C=O) groups excluding carboxylic acids is 1. The van der Waals surface area contributed by atoms with Crippen LogP contribution < -0.4 is 15.0 Å². The number of aromatic nitrogens is 4. The molecule has 1 aromatic carbocycles. The molecule has 0 spiro atoms. The third kappa shape index (κ3) is 3.35. The number of hydrogen-bond acceptors (Lipinski definition) is 6. The minimum atomic E-state index is -0.280. The van der Waals surface area contributed by atoms with E-state index in [0.717, 1.165) is 5.56 Å². The number of carbonyl (C=O) groups is 1. The number of nitrogens with one attached hydrogen (secondary N) is 1. The van der Waals surface area contributed by atoms with Crippen LogP contribution in [-0.2, 0) is 11.2 Å². The smallest absolute Gasteiger partial charge is 0.273 e. The quantitative estimate of drug-likeness (QED) is 0.536. The van der Waals surface area contributed by atoms with E-state index in [1.54, 1.807) is 18.3 Å². The van der Waals surface area contributed by atoms with E-state index in [4.69, 9.17) is 14.5 Å². The van der Waals surface area contributed by atoms with E-state index in [2.05, 4.69) is 10.1 Å². The van der Waals surface area contributed by atoms with Gasteiger partial charge >= 0.3 is 0 Å². The Kier molecular flexibility index (Phi) is 4.54. The molecule has 8 heteroatoms. The van der Waals surface area contributed by atoms with Crippen molar-refractivity contribution in [2.24, 2.45) is 5.92 Å². The predicted octanol–water partition coefficient (Wildman–Crippen LogP) is 3.25. The fourth-order valence-corrected chi connectivity index (χ4v) is 3.57. The largest absolute Gasteiger partial charge is 0.454 e. The monoisotopic (exact) mass is 416 g/mol. The molecular weight excluding hydrogens is 396 g/mol. The Morgan fingerprint density at radius 1 is 1.13 bits per heavy atom. The molecule has 3 aromatic heterocycles. The summed E-state index contributed by atoms with van der Waals surface area (Å²) in [5.41, 5.74) is 3.28. The van der Waals surface area contributed by atoms with E-state index in [-0.39, 0.29) is 30.5 Å². The first-order valence-corrected chi connectivity index (χ1v) is 10.00. The molecule has 1 N–H and O–H groups in total. The molecule has 1 aliphatic rings. The Morgan fingerprint density at radius 3 is 2.74 bits per heavy atom. The topological polar surface area (TPSA) is 98.6 Å². The SMILES string of the molecule is CC(C)C(=O)Cc1[nH]n2c(=O)cc(-c3ccc4c(c3)OCO4)nc2c1-c1ccccn1. The van der Waals surface area contributed by atoms with Crippen LogP contribution >= 0.6 is 0 Å². The van der Waals surface area contributed by atoms with Crippen molar-refractivity contribution in [1.29, 1.82) is 0 Å². The van der Waals surface area contributed by atoms with Gasteiger partial charge in [0.1, 0.15) is 5.78 Å². The van der Waals surface area contributed by atoms with Crippen molar-refractivity contribution in [1.82, 2.24) is 19.6 Å². The number of ether oxygens (including phenoxy) is 2. The van der Waals surface area contributed by atoms with Crippen LogP contribution in [0.3, 0.4) is 0 Å². The molecule has 0 fully saturated rings. The third-order valence-electron chi connectivity index (χ3n) is 5.28. The Morgan fingerprint density at radius 2 is 1.97 bits per heavy atom. The molecule has 5 rings (SSSR count). The lowest BCUT2D eigenvalue weighted by molar-refractivity contribution is -0.121. The fourth-order valence-electron chi connectivity index (χ4n) is 3.57. The molecule has 0 aliphatic carbocycles. The number of rotatable bonds is 5. The summed E-state index contributed by atoms with van der Waals surface area (Å²) >= 11 is 0. The number of ketones is 1. The van der Waals surface area contributed by atoms with Crippen molar-refractivity contribution in [3.63, 3.8) is 0 Å². The number of Topliss-reactive ketones (excluding diaryl/α,β-unsaturated/α-hetero) is 1. The Labute approximate surface area is 177 Å². The molecule has 0 saturated heterocycles. The molecule has 0 unspecified atom stereocenters. The minimum absolute atomic E-state index is 0.0628. The van der Waals surface area contributed by atoms with Gasteiger partial charge < -0.3 is 9.47 Å². The Balaban J connectivity index is 1.72. The molecule has 4 heterocycles. The van der Waals surface area contributed by atoms with E-state index in [1.807, 2.05) is 38.1 Å². The van der Waals surface area contributed by atoms with Gasteiger partial charge in [-0.1, -0.05) is 19.9 Å². The van der Waals surface area contributed by atoms with Crippen LogP contribution in [0, 0.1) is 5.92 Å². The maximum absolute atomic E-state index is 13.0. The van der Waals surface area contributed by atoms with Crippen LogP contribution in [0.25, 0.3) is 28.2 Å². The molecule has 8 nitrogen and oxygen atoms in total. The number of aromatic amines is 1. The van der Waals surface area contributed by atoms with Crippen LogP contribution in [0.4, 0.5) is 0 Å². The number of fused-ring (bicyclic) bond motifs is 2. The predicted molar refractivity (Wildman–Crippen MR) is 114 cm³/mol. The molecule has 31 heavy (non-hydrogen) atoms. The molecule has 1 aliphatic heterocycles.